The predicted molar refractivity (Wildman–Crippen MR) is 175 cm³/mol. The molecular weight excluding hydrogens is 517 g/mol. The van der Waals surface area contributed by atoms with Crippen LogP contribution in [0.15, 0.2) is 28.5 Å². The number of thioether (sulfide) groups is 2. The largest absolute Gasteiger partial charge is 0.324 e. The van der Waals surface area contributed by atoms with Crippen LogP contribution in [0.2, 0.25) is 0 Å². The van der Waals surface area contributed by atoms with Crippen LogP contribution in [0.1, 0.15) is 142 Å². The Morgan fingerprint density at radius 3 is 1.41 bits per heavy atom. The third-order valence-corrected chi connectivity index (χ3v) is 8.87. The summed E-state index contributed by atoms with van der Waals surface area (Å²) in [6.07, 6.45) is 22.9. The van der Waals surface area contributed by atoms with Crippen molar-refractivity contribution < 1.29 is 0 Å². The maximum absolute atomic E-state index is 4.85. The number of aromatic nitrogens is 3. The van der Waals surface area contributed by atoms with Crippen LogP contribution >= 0.6 is 23.5 Å². The first-order valence-corrected chi connectivity index (χ1v) is 18.1. The van der Waals surface area contributed by atoms with Gasteiger partial charge >= 0.3 is 0 Å². The molecule has 0 saturated heterocycles. The average Bonchev–Trinajstić information content (AvgIpc) is 2.94. The molecule has 0 fully saturated rings. The predicted octanol–water partition coefficient (Wildman–Crippen LogP) is 11.2. The SMILES string of the molecule is CCCCCCCCSc1nc(Nc2cc(CCCC)cc(CCCC)c2)nc(SCCCCCCCC)n1. The summed E-state index contributed by atoms with van der Waals surface area (Å²) in [5.41, 5.74) is 3.94. The van der Waals surface area contributed by atoms with Crippen molar-refractivity contribution in [2.75, 3.05) is 16.8 Å². The van der Waals surface area contributed by atoms with Gasteiger partial charge in [-0.1, -0.05) is 134 Å². The number of anilines is 2. The van der Waals surface area contributed by atoms with Crippen molar-refractivity contribution in [2.24, 2.45) is 0 Å². The summed E-state index contributed by atoms with van der Waals surface area (Å²) >= 11 is 3.58. The fourth-order valence-corrected chi connectivity index (χ4v) is 6.35. The molecule has 2 aromatic rings. The highest BCUT2D eigenvalue weighted by atomic mass is 32.2. The fraction of sp³-hybridized carbons (Fsp3) is 0.727. The van der Waals surface area contributed by atoms with Crippen LogP contribution in [0.3, 0.4) is 0 Å². The molecule has 1 aromatic carbocycles. The Bertz CT molecular complexity index is 828. The Balaban J connectivity index is 2.08. The zero-order valence-electron chi connectivity index (χ0n) is 25.5. The number of nitrogens with one attached hydrogen (secondary N) is 1. The van der Waals surface area contributed by atoms with Crippen molar-refractivity contribution in [3.05, 3.63) is 29.3 Å². The number of rotatable bonds is 24. The number of hydrogen-bond donors (Lipinski definition) is 1. The average molecular weight is 573 g/mol. The molecule has 220 valence electrons. The van der Waals surface area contributed by atoms with Crippen molar-refractivity contribution in [1.29, 1.82) is 0 Å². The normalized spacial score (nSPS) is 11.3. The van der Waals surface area contributed by atoms with Crippen LogP contribution in [0.4, 0.5) is 11.6 Å². The molecule has 0 saturated carbocycles. The minimum Gasteiger partial charge on any atom is -0.324 e. The van der Waals surface area contributed by atoms with Gasteiger partial charge in [0.25, 0.3) is 0 Å². The molecule has 0 atom stereocenters. The van der Waals surface area contributed by atoms with E-state index in [2.05, 4.69) is 51.2 Å². The lowest BCUT2D eigenvalue weighted by Gasteiger charge is -2.12. The van der Waals surface area contributed by atoms with Gasteiger partial charge in [0.1, 0.15) is 0 Å². The Hall–Kier alpha value is -1.27. The van der Waals surface area contributed by atoms with E-state index in [1.807, 2.05) is 0 Å². The van der Waals surface area contributed by atoms with Crippen molar-refractivity contribution >= 4 is 35.2 Å². The summed E-state index contributed by atoms with van der Waals surface area (Å²) in [7, 11) is 0. The van der Waals surface area contributed by atoms with Crippen LogP contribution in [0.25, 0.3) is 0 Å². The van der Waals surface area contributed by atoms with Crippen molar-refractivity contribution in [3.63, 3.8) is 0 Å². The summed E-state index contributed by atoms with van der Waals surface area (Å²) in [6, 6.07) is 6.98. The highest BCUT2D eigenvalue weighted by molar-refractivity contribution is 7.99. The molecule has 4 nitrogen and oxygen atoms in total. The van der Waals surface area contributed by atoms with E-state index in [9.17, 15) is 0 Å². The molecule has 1 aromatic heterocycles. The fourth-order valence-electron chi connectivity index (χ4n) is 4.63. The Kier molecular flexibility index (Phi) is 19.5. The molecule has 0 aliphatic heterocycles. The van der Waals surface area contributed by atoms with Crippen molar-refractivity contribution in [3.8, 4) is 0 Å². The molecule has 0 aliphatic rings. The number of benzene rings is 1. The topological polar surface area (TPSA) is 50.7 Å². The van der Waals surface area contributed by atoms with Gasteiger partial charge in [-0.25, -0.2) is 0 Å². The lowest BCUT2D eigenvalue weighted by Crippen LogP contribution is -2.04. The van der Waals surface area contributed by atoms with Crippen LogP contribution in [0.5, 0.6) is 0 Å². The summed E-state index contributed by atoms with van der Waals surface area (Å²) in [4.78, 5) is 14.6. The zero-order chi connectivity index (χ0) is 28.0. The highest BCUT2D eigenvalue weighted by Crippen LogP contribution is 2.26. The van der Waals surface area contributed by atoms with Gasteiger partial charge in [-0.05, 0) is 61.8 Å². The van der Waals surface area contributed by atoms with Crippen LogP contribution in [-0.4, -0.2) is 26.5 Å². The third kappa shape index (κ3) is 15.9. The minimum atomic E-state index is 0.690. The van der Waals surface area contributed by atoms with E-state index in [1.165, 1.54) is 114 Å². The van der Waals surface area contributed by atoms with Crippen molar-refractivity contribution in [2.45, 2.75) is 154 Å². The molecule has 0 amide bonds. The number of unbranched alkanes of at least 4 members (excludes halogenated alkanes) is 12. The number of hydrogen-bond acceptors (Lipinski definition) is 6. The number of aryl methyl sites for hydroxylation is 2. The number of nitrogens with zero attached hydrogens (tertiary/aromatic N) is 3. The van der Waals surface area contributed by atoms with Gasteiger partial charge in [0.2, 0.25) is 5.95 Å². The summed E-state index contributed by atoms with van der Waals surface area (Å²) in [5, 5.41) is 5.30. The van der Waals surface area contributed by atoms with Crippen LogP contribution in [-0.2, 0) is 12.8 Å². The standard InChI is InChI=1S/C33H56N4S2/c1-5-9-13-15-17-19-23-38-32-35-31(36-33(37-32)39-24-20-18-16-14-10-6-2)34-30-26-28(21-11-7-3)25-29(27-30)22-12-8-4/h25-27H,5-24H2,1-4H3,(H,34,35,36,37). The molecule has 1 N–H and O–H groups in total. The van der Waals surface area contributed by atoms with Crippen LogP contribution in [0, 0.1) is 0 Å². The van der Waals surface area contributed by atoms with Gasteiger partial charge in [0.05, 0.1) is 0 Å². The molecule has 0 unspecified atom stereocenters. The first-order valence-electron chi connectivity index (χ1n) is 16.1. The Morgan fingerprint density at radius 2 is 0.949 bits per heavy atom. The molecule has 0 bridgehead atoms. The molecule has 1 heterocycles. The van der Waals surface area contributed by atoms with E-state index in [4.69, 9.17) is 15.0 Å². The molecule has 39 heavy (non-hydrogen) atoms. The van der Waals surface area contributed by atoms with Gasteiger partial charge in [-0.2, -0.15) is 15.0 Å². The van der Waals surface area contributed by atoms with Gasteiger partial charge in [0.15, 0.2) is 10.3 Å². The summed E-state index contributed by atoms with van der Waals surface area (Å²) in [6.45, 7) is 9.08. The zero-order valence-corrected chi connectivity index (χ0v) is 27.2. The van der Waals surface area contributed by atoms with E-state index in [-0.39, 0.29) is 0 Å². The third-order valence-electron chi connectivity index (χ3n) is 7.00. The van der Waals surface area contributed by atoms with Gasteiger partial charge in [-0.3, -0.25) is 0 Å². The second kappa shape index (κ2) is 22.4. The highest BCUT2D eigenvalue weighted by Gasteiger charge is 2.10. The van der Waals surface area contributed by atoms with E-state index in [0.29, 0.717) is 5.95 Å². The molecule has 0 aliphatic carbocycles. The van der Waals surface area contributed by atoms with E-state index < -0.39 is 0 Å². The monoisotopic (exact) mass is 572 g/mol. The molecule has 0 radical (unpaired) electrons. The lowest BCUT2D eigenvalue weighted by atomic mass is 10.0. The molecule has 6 heteroatoms. The quantitative estimate of drug-likeness (QED) is 0.0997. The maximum Gasteiger partial charge on any atom is 0.232 e. The van der Waals surface area contributed by atoms with E-state index in [0.717, 1.165) is 40.3 Å². The first kappa shape index (κ1) is 33.9. The van der Waals surface area contributed by atoms with Gasteiger partial charge in [-0.15, -0.1) is 0 Å². The Morgan fingerprint density at radius 1 is 0.513 bits per heavy atom. The summed E-state index contributed by atoms with van der Waals surface area (Å²) < 4.78 is 0. The van der Waals surface area contributed by atoms with E-state index >= 15 is 0 Å². The first-order chi connectivity index (χ1) is 19.2. The van der Waals surface area contributed by atoms with Gasteiger partial charge in [0, 0.05) is 17.2 Å². The van der Waals surface area contributed by atoms with Gasteiger partial charge < -0.3 is 5.32 Å². The molecule has 2 rings (SSSR count). The van der Waals surface area contributed by atoms with E-state index in [1.54, 1.807) is 23.5 Å². The Labute approximate surface area is 249 Å². The summed E-state index contributed by atoms with van der Waals surface area (Å²) in [5.74, 6) is 2.84. The van der Waals surface area contributed by atoms with Crippen LogP contribution < -0.4 is 5.32 Å². The maximum atomic E-state index is 4.85. The second-order valence-corrected chi connectivity index (χ2v) is 13.0. The molecule has 0 spiro atoms. The molecular formula is C33H56N4S2. The lowest BCUT2D eigenvalue weighted by molar-refractivity contribution is 0.626. The second-order valence-electron chi connectivity index (χ2n) is 10.8. The minimum absolute atomic E-state index is 0.690. The smallest absolute Gasteiger partial charge is 0.232 e. The van der Waals surface area contributed by atoms with Crippen molar-refractivity contribution in [1.82, 2.24) is 15.0 Å².